The summed E-state index contributed by atoms with van der Waals surface area (Å²) >= 11 is 0. The topological polar surface area (TPSA) is 102 Å². The fraction of sp³-hybridized carbons (Fsp3) is 0.524. The molecule has 0 radical (unpaired) electrons. The van der Waals surface area contributed by atoms with Gasteiger partial charge in [-0.2, -0.15) is 18.0 Å². The standard InChI is InChI=1S/C21H25F3N6O4/c22-21(23,24)15-1-3-16(4-2-15)34-17-5-7-28(8-6-17)19(31)13-25-20(32)18-14-30(27-26-18)29-9-11-33-12-10-29/h1-4,14,17H,5-13H2,(H,25,32). The first-order chi connectivity index (χ1) is 16.3. The van der Waals surface area contributed by atoms with Gasteiger partial charge in [-0.3, -0.25) is 14.6 Å². The van der Waals surface area contributed by atoms with Crippen LogP contribution in [0, 0.1) is 0 Å². The average molecular weight is 482 g/mol. The number of amides is 2. The smallest absolute Gasteiger partial charge is 0.416 e. The summed E-state index contributed by atoms with van der Waals surface area (Å²) in [7, 11) is 0. The van der Waals surface area contributed by atoms with Crippen LogP contribution in [0.1, 0.15) is 28.9 Å². The van der Waals surface area contributed by atoms with Crippen molar-refractivity contribution in [2.24, 2.45) is 0 Å². The van der Waals surface area contributed by atoms with Crippen LogP contribution in [0.4, 0.5) is 13.2 Å². The normalized spacial score (nSPS) is 17.5. The van der Waals surface area contributed by atoms with Crippen molar-refractivity contribution < 1.29 is 32.2 Å². The molecular weight excluding hydrogens is 457 g/mol. The molecule has 2 aliphatic heterocycles. The molecule has 10 nitrogen and oxygen atoms in total. The third-order valence-corrected chi connectivity index (χ3v) is 5.67. The monoisotopic (exact) mass is 482 g/mol. The van der Waals surface area contributed by atoms with Gasteiger partial charge in [0.2, 0.25) is 5.91 Å². The van der Waals surface area contributed by atoms with Gasteiger partial charge in [0, 0.05) is 25.9 Å². The van der Waals surface area contributed by atoms with Crippen molar-refractivity contribution in [2.75, 3.05) is 50.9 Å². The number of morpholine rings is 1. The zero-order valence-electron chi connectivity index (χ0n) is 18.3. The van der Waals surface area contributed by atoms with Crippen molar-refractivity contribution in [1.82, 2.24) is 25.3 Å². The Balaban J connectivity index is 1.19. The summed E-state index contributed by atoms with van der Waals surface area (Å²) in [5.74, 6) is -0.370. The summed E-state index contributed by atoms with van der Waals surface area (Å²) in [5.41, 5.74) is -0.617. The van der Waals surface area contributed by atoms with E-state index in [0.717, 1.165) is 12.1 Å². The molecule has 2 fully saturated rings. The van der Waals surface area contributed by atoms with Gasteiger partial charge in [-0.25, -0.2) is 0 Å². The molecule has 0 bridgehead atoms. The van der Waals surface area contributed by atoms with Crippen molar-refractivity contribution in [3.63, 3.8) is 0 Å². The fourth-order valence-electron chi connectivity index (χ4n) is 3.75. The lowest BCUT2D eigenvalue weighted by molar-refractivity contribution is -0.137. The van der Waals surface area contributed by atoms with Crippen LogP contribution in [-0.2, 0) is 15.7 Å². The van der Waals surface area contributed by atoms with E-state index in [4.69, 9.17) is 9.47 Å². The van der Waals surface area contributed by atoms with Gasteiger partial charge in [0.25, 0.3) is 5.91 Å². The van der Waals surface area contributed by atoms with Crippen molar-refractivity contribution in [1.29, 1.82) is 0 Å². The summed E-state index contributed by atoms with van der Waals surface area (Å²) < 4.78 is 49.0. The van der Waals surface area contributed by atoms with Crippen LogP contribution in [0.2, 0.25) is 0 Å². The van der Waals surface area contributed by atoms with E-state index in [2.05, 4.69) is 15.6 Å². The molecule has 0 spiro atoms. The maximum absolute atomic E-state index is 12.7. The second-order valence-corrected chi connectivity index (χ2v) is 7.99. The number of nitrogens with zero attached hydrogens (tertiary/aromatic N) is 5. The van der Waals surface area contributed by atoms with Gasteiger partial charge in [-0.15, -0.1) is 5.10 Å². The molecule has 13 heteroatoms. The van der Waals surface area contributed by atoms with Crippen molar-refractivity contribution >= 4 is 11.8 Å². The number of piperidine rings is 1. The average Bonchev–Trinajstić information content (AvgIpc) is 3.34. The number of aromatic nitrogens is 3. The Bertz CT molecular complexity index is 983. The Labute approximate surface area is 193 Å². The summed E-state index contributed by atoms with van der Waals surface area (Å²) in [6.45, 7) is 3.10. The van der Waals surface area contributed by atoms with E-state index < -0.39 is 17.6 Å². The van der Waals surface area contributed by atoms with Crippen LogP contribution < -0.4 is 15.1 Å². The molecule has 1 N–H and O–H groups in total. The highest BCUT2D eigenvalue weighted by Gasteiger charge is 2.30. The number of carbonyl (C=O) groups is 2. The Morgan fingerprint density at radius 2 is 1.76 bits per heavy atom. The summed E-state index contributed by atoms with van der Waals surface area (Å²) in [5, 5.41) is 12.3. The molecule has 184 valence electrons. The predicted molar refractivity (Wildman–Crippen MR) is 113 cm³/mol. The molecule has 0 unspecified atom stereocenters. The molecule has 0 saturated carbocycles. The molecule has 2 amide bonds. The first-order valence-electron chi connectivity index (χ1n) is 10.9. The van der Waals surface area contributed by atoms with Gasteiger partial charge in [0.1, 0.15) is 11.9 Å². The van der Waals surface area contributed by atoms with Gasteiger partial charge < -0.3 is 19.7 Å². The number of hydrogen-bond acceptors (Lipinski definition) is 7. The highest BCUT2D eigenvalue weighted by molar-refractivity contribution is 5.94. The van der Waals surface area contributed by atoms with Crippen LogP contribution in [0.15, 0.2) is 30.5 Å². The minimum atomic E-state index is -4.39. The Morgan fingerprint density at radius 1 is 1.09 bits per heavy atom. The molecule has 2 aliphatic rings. The van der Waals surface area contributed by atoms with Crippen LogP contribution in [0.3, 0.4) is 0 Å². The molecule has 34 heavy (non-hydrogen) atoms. The van der Waals surface area contributed by atoms with Crippen molar-refractivity contribution in [3.05, 3.63) is 41.7 Å². The highest BCUT2D eigenvalue weighted by atomic mass is 19.4. The van der Waals surface area contributed by atoms with E-state index in [1.54, 1.807) is 4.90 Å². The van der Waals surface area contributed by atoms with Crippen LogP contribution in [-0.4, -0.2) is 83.9 Å². The van der Waals surface area contributed by atoms with Gasteiger partial charge >= 0.3 is 6.18 Å². The van der Waals surface area contributed by atoms with E-state index in [1.165, 1.54) is 23.1 Å². The summed E-state index contributed by atoms with van der Waals surface area (Å²) in [6.07, 6.45) is -2.01. The third-order valence-electron chi connectivity index (χ3n) is 5.67. The van der Waals surface area contributed by atoms with Crippen LogP contribution in [0.25, 0.3) is 0 Å². The van der Waals surface area contributed by atoms with Crippen LogP contribution >= 0.6 is 0 Å². The lowest BCUT2D eigenvalue weighted by atomic mass is 10.1. The largest absolute Gasteiger partial charge is 0.490 e. The van der Waals surface area contributed by atoms with Gasteiger partial charge in [0.05, 0.1) is 44.6 Å². The molecule has 2 aromatic rings. The molecular formula is C21H25F3N6O4. The maximum Gasteiger partial charge on any atom is 0.416 e. The van der Waals surface area contributed by atoms with Crippen LogP contribution in [0.5, 0.6) is 5.75 Å². The minimum absolute atomic E-state index is 0.114. The fourth-order valence-corrected chi connectivity index (χ4v) is 3.75. The number of halogens is 3. The van der Waals surface area contributed by atoms with E-state index in [0.29, 0.717) is 58.0 Å². The number of ether oxygens (including phenoxy) is 2. The quantitative estimate of drug-likeness (QED) is 0.657. The zero-order valence-corrected chi connectivity index (χ0v) is 18.3. The zero-order chi connectivity index (χ0) is 24.1. The van der Waals surface area contributed by atoms with E-state index in [-0.39, 0.29) is 24.2 Å². The lowest BCUT2D eigenvalue weighted by Gasteiger charge is -2.32. The molecule has 1 aromatic heterocycles. The molecule has 4 rings (SSSR count). The number of rotatable bonds is 6. The number of hydrogen-bond donors (Lipinski definition) is 1. The van der Waals surface area contributed by atoms with Crippen molar-refractivity contribution in [2.45, 2.75) is 25.1 Å². The summed E-state index contributed by atoms with van der Waals surface area (Å²) in [6, 6.07) is 4.56. The summed E-state index contributed by atoms with van der Waals surface area (Å²) in [4.78, 5) is 27.9. The van der Waals surface area contributed by atoms with Crippen molar-refractivity contribution in [3.8, 4) is 5.75 Å². The van der Waals surface area contributed by atoms with Gasteiger partial charge in [-0.1, -0.05) is 0 Å². The second kappa shape index (κ2) is 10.3. The minimum Gasteiger partial charge on any atom is -0.490 e. The first-order valence-corrected chi connectivity index (χ1v) is 10.9. The molecule has 3 heterocycles. The number of nitrogens with one attached hydrogen (secondary N) is 1. The Kier molecular flexibility index (Phi) is 7.20. The van der Waals surface area contributed by atoms with E-state index >= 15 is 0 Å². The number of alkyl halides is 3. The predicted octanol–water partition coefficient (Wildman–Crippen LogP) is 1.06. The molecule has 2 saturated heterocycles. The Morgan fingerprint density at radius 3 is 2.41 bits per heavy atom. The molecule has 0 atom stereocenters. The SMILES string of the molecule is O=C(NCC(=O)N1CCC(Oc2ccc(C(F)(F)F)cc2)CC1)c1cn(N2CCOCC2)nn1. The first kappa shape index (κ1) is 23.8. The lowest BCUT2D eigenvalue weighted by Crippen LogP contribution is -2.46. The Hall–Kier alpha value is -3.35. The van der Waals surface area contributed by atoms with E-state index in [9.17, 15) is 22.8 Å². The number of benzene rings is 1. The number of carbonyl (C=O) groups excluding carboxylic acids is 2. The molecule has 1 aromatic carbocycles. The highest BCUT2D eigenvalue weighted by Crippen LogP contribution is 2.30. The second-order valence-electron chi connectivity index (χ2n) is 7.99. The maximum atomic E-state index is 12.7. The van der Waals surface area contributed by atoms with E-state index in [1.807, 2.05) is 5.01 Å². The van der Waals surface area contributed by atoms with Gasteiger partial charge in [0.15, 0.2) is 5.69 Å². The third kappa shape index (κ3) is 5.95. The number of likely N-dealkylation sites (tertiary alicyclic amines) is 1. The molecule has 0 aliphatic carbocycles. The van der Waals surface area contributed by atoms with Gasteiger partial charge in [-0.05, 0) is 29.5 Å².